The summed E-state index contributed by atoms with van der Waals surface area (Å²) >= 11 is 0. The first-order valence-corrected chi connectivity index (χ1v) is 4.79. The van der Waals surface area contributed by atoms with Crippen molar-refractivity contribution in [1.29, 1.82) is 0 Å². The first kappa shape index (κ1) is 8.57. The molecule has 1 fully saturated rings. The molecule has 0 spiro atoms. The lowest BCUT2D eigenvalue weighted by molar-refractivity contribution is 0.340. The van der Waals surface area contributed by atoms with Crippen LogP contribution in [0.2, 0.25) is 0 Å². The summed E-state index contributed by atoms with van der Waals surface area (Å²) in [5.74, 6) is 1.53. The molecular formula is C11H15NO. The van der Waals surface area contributed by atoms with Crippen LogP contribution >= 0.6 is 0 Å². The molecule has 0 unspecified atom stereocenters. The van der Waals surface area contributed by atoms with Crippen LogP contribution in [-0.2, 0) is 0 Å². The maximum absolute atomic E-state index is 5.78. The molecule has 2 N–H and O–H groups in total. The highest BCUT2D eigenvalue weighted by Gasteiger charge is 2.34. The Morgan fingerprint density at radius 1 is 1.54 bits per heavy atom. The van der Waals surface area contributed by atoms with Crippen LogP contribution in [0.15, 0.2) is 24.3 Å². The van der Waals surface area contributed by atoms with Crippen LogP contribution in [0.25, 0.3) is 0 Å². The fraction of sp³-hybridized carbons (Fsp3) is 0.455. The molecule has 1 aromatic carbocycles. The Balaban J connectivity index is 2.13. The molecule has 1 aliphatic carbocycles. The minimum Gasteiger partial charge on any atom is -0.494 e. The predicted octanol–water partition coefficient (Wildman–Crippen LogP) is 1.90. The van der Waals surface area contributed by atoms with Crippen molar-refractivity contribution in [2.75, 3.05) is 6.61 Å². The molecule has 1 aromatic rings. The second-order valence-electron chi connectivity index (χ2n) is 3.51. The van der Waals surface area contributed by atoms with E-state index in [1.165, 1.54) is 5.56 Å². The minimum atomic E-state index is 0.372. The summed E-state index contributed by atoms with van der Waals surface area (Å²) in [6, 6.07) is 8.62. The van der Waals surface area contributed by atoms with Gasteiger partial charge in [0.1, 0.15) is 5.75 Å². The summed E-state index contributed by atoms with van der Waals surface area (Å²) in [5, 5.41) is 0. The highest BCUT2D eigenvalue weighted by Crippen LogP contribution is 2.39. The number of ether oxygens (including phenoxy) is 1. The molecule has 1 saturated carbocycles. The van der Waals surface area contributed by atoms with Gasteiger partial charge in [-0.05, 0) is 31.0 Å². The molecule has 2 heteroatoms. The Labute approximate surface area is 78.7 Å². The highest BCUT2D eigenvalue weighted by atomic mass is 16.5. The van der Waals surface area contributed by atoms with Crippen LogP contribution in [-0.4, -0.2) is 12.6 Å². The Bertz CT molecular complexity index is 298. The molecule has 0 amide bonds. The minimum absolute atomic E-state index is 0.372. The van der Waals surface area contributed by atoms with E-state index in [0.29, 0.717) is 12.0 Å². The average Bonchev–Trinajstić information content (AvgIpc) is 2.84. The second-order valence-corrected chi connectivity index (χ2v) is 3.51. The lowest BCUT2D eigenvalue weighted by atomic mass is 10.1. The van der Waals surface area contributed by atoms with Gasteiger partial charge < -0.3 is 10.5 Å². The summed E-state index contributed by atoms with van der Waals surface area (Å²) in [5.41, 5.74) is 7.10. The fourth-order valence-corrected chi connectivity index (χ4v) is 1.60. The van der Waals surface area contributed by atoms with Gasteiger partial charge in [0.15, 0.2) is 0 Å². The first-order chi connectivity index (χ1) is 6.31. The van der Waals surface area contributed by atoms with Crippen LogP contribution < -0.4 is 10.5 Å². The van der Waals surface area contributed by atoms with E-state index in [4.69, 9.17) is 10.5 Å². The van der Waals surface area contributed by atoms with Crippen molar-refractivity contribution in [2.45, 2.75) is 25.3 Å². The molecule has 0 saturated heterocycles. The van der Waals surface area contributed by atoms with E-state index in [0.717, 1.165) is 18.8 Å². The molecule has 13 heavy (non-hydrogen) atoms. The smallest absolute Gasteiger partial charge is 0.119 e. The zero-order valence-electron chi connectivity index (χ0n) is 7.86. The average molecular weight is 177 g/mol. The Hall–Kier alpha value is -1.02. The lowest BCUT2D eigenvalue weighted by Gasteiger charge is -2.04. The maximum Gasteiger partial charge on any atom is 0.119 e. The third-order valence-electron chi connectivity index (χ3n) is 2.44. The summed E-state index contributed by atoms with van der Waals surface area (Å²) in [6.45, 7) is 2.72. The second kappa shape index (κ2) is 3.38. The van der Waals surface area contributed by atoms with Crippen molar-refractivity contribution in [3.63, 3.8) is 0 Å². The van der Waals surface area contributed by atoms with Gasteiger partial charge in [0.2, 0.25) is 0 Å². The molecular weight excluding hydrogens is 162 g/mol. The van der Waals surface area contributed by atoms with Gasteiger partial charge >= 0.3 is 0 Å². The van der Waals surface area contributed by atoms with Gasteiger partial charge in [-0.2, -0.15) is 0 Å². The van der Waals surface area contributed by atoms with Gasteiger partial charge in [-0.25, -0.2) is 0 Å². The standard InChI is InChI=1S/C11H15NO/c1-2-13-9-5-3-4-8(6-9)10-7-11(10)12/h3-6,10-11H,2,7,12H2,1H3/t10-,11-/m1/s1. The summed E-state index contributed by atoms with van der Waals surface area (Å²) in [6.07, 6.45) is 1.12. The van der Waals surface area contributed by atoms with Gasteiger partial charge in [-0.3, -0.25) is 0 Å². The van der Waals surface area contributed by atoms with Crippen molar-refractivity contribution in [3.8, 4) is 5.75 Å². The number of rotatable bonds is 3. The highest BCUT2D eigenvalue weighted by molar-refractivity contribution is 5.34. The van der Waals surface area contributed by atoms with Gasteiger partial charge in [0, 0.05) is 12.0 Å². The van der Waals surface area contributed by atoms with Crippen molar-refractivity contribution >= 4 is 0 Å². The van der Waals surface area contributed by atoms with Gasteiger partial charge in [0.25, 0.3) is 0 Å². The van der Waals surface area contributed by atoms with Crippen molar-refractivity contribution in [3.05, 3.63) is 29.8 Å². The van der Waals surface area contributed by atoms with Crippen molar-refractivity contribution in [1.82, 2.24) is 0 Å². The number of hydrogen-bond acceptors (Lipinski definition) is 2. The SMILES string of the molecule is CCOc1cccc([C@H]2C[C@H]2N)c1. The number of benzene rings is 1. The monoisotopic (exact) mass is 177 g/mol. The third kappa shape index (κ3) is 1.83. The van der Waals surface area contributed by atoms with Gasteiger partial charge in [0.05, 0.1) is 6.61 Å². The molecule has 70 valence electrons. The number of nitrogens with two attached hydrogens (primary N) is 1. The molecule has 0 aromatic heterocycles. The number of hydrogen-bond donors (Lipinski definition) is 1. The topological polar surface area (TPSA) is 35.2 Å². The molecule has 1 aliphatic rings. The molecule has 0 radical (unpaired) electrons. The van der Waals surface area contributed by atoms with Crippen LogP contribution in [0.3, 0.4) is 0 Å². The Kier molecular flexibility index (Phi) is 2.23. The molecule has 0 aliphatic heterocycles. The van der Waals surface area contributed by atoms with Crippen molar-refractivity contribution < 1.29 is 4.74 Å². The molecule has 2 atom stereocenters. The van der Waals surface area contributed by atoms with E-state index in [2.05, 4.69) is 12.1 Å². The first-order valence-electron chi connectivity index (χ1n) is 4.79. The van der Waals surface area contributed by atoms with Gasteiger partial charge in [-0.15, -0.1) is 0 Å². The maximum atomic E-state index is 5.78. The normalized spacial score (nSPS) is 25.7. The van der Waals surface area contributed by atoms with Crippen LogP contribution in [0.1, 0.15) is 24.8 Å². The van der Waals surface area contributed by atoms with E-state index in [9.17, 15) is 0 Å². The van der Waals surface area contributed by atoms with E-state index in [-0.39, 0.29) is 0 Å². The molecule has 0 bridgehead atoms. The summed E-state index contributed by atoms with van der Waals surface area (Å²) in [4.78, 5) is 0. The summed E-state index contributed by atoms with van der Waals surface area (Å²) in [7, 11) is 0. The van der Waals surface area contributed by atoms with E-state index >= 15 is 0 Å². The van der Waals surface area contributed by atoms with Crippen molar-refractivity contribution in [2.24, 2.45) is 5.73 Å². The third-order valence-corrected chi connectivity index (χ3v) is 2.44. The van der Waals surface area contributed by atoms with E-state index in [1.807, 2.05) is 19.1 Å². The molecule has 2 nitrogen and oxygen atoms in total. The van der Waals surface area contributed by atoms with Crippen LogP contribution in [0, 0.1) is 0 Å². The fourth-order valence-electron chi connectivity index (χ4n) is 1.60. The predicted molar refractivity (Wildman–Crippen MR) is 52.9 cm³/mol. The zero-order valence-corrected chi connectivity index (χ0v) is 7.86. The van der Waals surface area contributed by atoms with Crippen LogP contribution in [0.5, 0.6) is 5.75 Å². The lowest BCUT2D eigenvalue weighted by Crippen LogP contribution is -2.01. The van der Waals surface area contributed by atoms with Crippen LogP contribution in [0.4, 0.5) is 0 Å². The van der Waals surface area contributed by atoms with Gasteiger partial charge in [-0.1, -0.05) is 12.1 Å². The Morgan fingerprint density at radius 3 is 2.92 bits per heavy atom. The zero-order chi connectivity index (χ0) is 9.26. The molecule has 0 heterocycles. The molecule has 2 rings (SSSR count). The van der Waals surface area contributed by atoms with E-state index < -0.39 is 0 Å². The Morgan fingerprint density at radius 2 is 2.31 bits per heavy atom. The quantitative estimate of drug-likeness (QED) is 0.765. The van der Waals surface area contributed by atoms with E-state index in [1.54, 1.807) is 0 Å². The largest absolute Gasteiger partial charge is 0.494 e. The summed E-state index contributed by atoms with van der Waals surface area (Å²) < 4.78 is 5.42.